The van der Waals surface area contributed by atoms with E-state index in [0.717, 1.165) is 44.2 Å². The minimum absolute atomic E-state index is 0.0534. The summed E-state index contributed by atoms with van der Waals surface area (Å²) < 4.78 is 11.5. The van der Waals surface area contributed by atoms with Crippen LogP contribution in [0.5, 0.6) is 11.9 Å². The number of benzene rings is 1. The zero-order valence-corrected chi connectivity index (χ0v) is 21.7. The van der Waals surface area contributed by atoms with Crippen molar-refractivity contribution in [2.45, 2.75) is 77.0 Å². The second-order valence-electron chi connectivity index (χ2n) is 10.0. The molecule has 2 aliphatic rings. The largest absolute Gasteiger partial charge is 0.481 e. The first kappa shape index (κ1) is 26.7. The van der Waals surface area contributed by atoms with E-state index in [0.29, 0.717) is 19.1 Å². The van der Waals surface area contributed by atoms with Gasteiger partial charge in [0.05, 0.1) is 13.2 Å². The van der Waals surface area contributed by atoms with Crippen molar-refractivity contribution in [1.29, 1.82) is 0 Å². The lowest BCUT2D eigenvalue weighted by atomic mass is 9.77. The number of ether oxygens (including phenoxy) is 2. The number of nitrogens with two attached hydrogens (primary N) is 1. The maximum absolute atomic E-state index is 13.4. The van der Waals surface area contributed by atoms with E-state index in [9.17, 15) is 9.59 Å². The molecule has 3 N–H and O–H groups in total. The first-order valence-electron chi connectivity index (χ1n) is 13.5. The number of carboxylic acids is 1. The molecule has 0 spiro atoms. The van der Waals surface area contributed by atoms with Gasteiger partial charge in [-0.15, -0.1) is 0 Å². The number of anilines is 2. The Labute approximate surface area is 218 Å². The number of aromatic nitrogens is 2. The molecular formula is C28H38N4O5. The van der Waals surface area contributed by atoms with Gasteiger partial charge in [0.2, 0.25) is 5.88 Å². The van der Waals surface area contributed by atoms with Gasteiger partial charge in [-0.05, 0) is 61.6 Å². The fraction of sp³-hybridized carbons (Fsp3) is 0.571. The molecular weight excluding hydrogens is 472 g/mol. The maximum atomic E-state index is 13.4. The summed E-state index contributed by atoms with van der Waals surface area (Å²) in [5.41, 5.74) is 8.32. The van der Waals surface area contributed by atoms with Crippen LogP contribution in [0.4, 0.5) is 11.5 Å². The average Bonchev–Trinajstić information content (AvgIpc) is 3.05. The molecule has 9 heteroatoms. The van der Waals surface area contributed by atoms with Gasteiger partial charge in [0.15, 0.2) is 0 Å². The van der Waals surface area contributed by atoms with Crippen LogP contribution in [0.15, 0.2) is 24.3 Å². The van der Waals surface area contributed by atoms with Gasteiger partial charge < -0.3 is 25.2 Å². The molecule has 1 aromatic carbocycles. The summed E-state index contributed by atoms with van der Waals surface area (Å²) in [5.74, 6) is -0.108. The first-order chi connectivity index (χ1) is 18.0. The number of fused-ring (bicyclic) bond motifs is 1. The number of carbonyl (C=O) groups excluding carboxylic acids is 1. The predicted octanol–water partition coefficient (Wildman–Crippen LogP) is 5.20. The molecule has 0 bridgehead atoms. The van der Waals surface area contributed by atoms with Crippen molar-refractivity contribution in [3.05, 3.63) is 35.4 Å². The van der Waals surface area contributed by atoms with E-state index in [1.165, 1.54) is 24.8 Å². The molecule has 2 heterocycles. The highest BCUT2D eigenvalue weighted by atomic mass is 16.5. The molecule has 1 amide bonds. The highest BCUT2D eigenvalue weighted by Crippen LogP contribution is 2.38. The van der Waals surface area contributed by atoms with Gasteiger partial charge in [0.1, 0.15) is 18.0 Å². The Kier molecular flexibility index (Phi) is 9.19. The van der Waals surface area contributed by atoms with Crippen molar-refractivity contribution in [3.63, 3.8) is 0 Å². The highest BCUT2D eigenvalue weighted by molar-refractivity contribution is 6.10. The Morgan fingerprint density at radius 3 is 2.54 bits per heavy atom. The third-order valence-electron chi connectivity index (χ3n) is 7.36. The Balaban J connectivity index is 1.39. The second-order valence-corrected chi connectivity index (χ2v) is 10.0. The van der Waals surface area contributed by atoms with Gasteiger partial charge in [-0.2, -0.15) is 9.97 Å². The number of carbonyl (C=O) groups is 2. The lowest BCUT2D eigenvalue weighted by molar-refractivity contribution is -0.138. The van der Waals surface area contributed by atoms with Crippen LogP contribution in [0.2, 0.25) is 0 Å². The summed E-state index contributed by atoms with van der Waals surface area (Å²) in [7, 11) is 0. The molecule has 37 heavy (non-hydrogen) atoms. The number of amides is 1. The van der Waals surface area contributed by atoms with Gasteiger partial charge in [-0.25, -0.2) is 0 Å². The SMILES string of the molecule is CCCCCCCOc1nc(N)c2c(n1)OCCN(c1ccc(C3CCC(CC(=O)O)CC3)cc1)C2=O. The van der Waals surface area contributed by atoms with Crippen LogP contribution in [-0.4, -0.2) is 46.7 Å². The Morgan fingerprint density at radius 2 is 1.84 bits per heavy atom. The number of aliphatic carboxylic acids is 1. The van der Waals surface area contributed by atoms with Crippen molar-refractivity contribution < 1.29 is 24.2 Å². The molecule has 2 aromatic rings. The molecule has 0 unspecified atom stereocenters. The smallest absolute Gasteiger partial charge is 0.321 e. The number of hydrogen-bond acceptors (Lipinski definition) is 7. The Hall–Kier alpha value is -3.36. The van der Waals surface area contributed by atoms with Crippen LogP contribution in [0.1, 0.15) is 93.0 Å². The minimum Gasteiger partial charge on any atom is -0.481 e. The van der Waals surface area contributed by atoms with Crippen LogP contribution >= 0.6 is 0 Å². The molecule has 1 saturated carbocycles. The summed E-state index contributed by atoms with van der Waals surface area (Å²) in [6.45, 7) is 3.32. The number of nitrogens with zero attached hydrogens (tertiary/aromatic N) is 3. The number of rotatable bonds is 11. The van der Waals surface area contributed by atoms with Gasteiger partial charge in [-0.3, -0.25) is 9.59 Å². The number of nitrogen functional groups attached to an aromatic ring is 1. The van der Waals surface area contributed by atoms with Gasteiger partial charge >= 0.3 is 12.0 Å². The standard InChI is InChI=1S/C28H38N4O5/c1-2-3-4-5-6-16-37-28-30-25(29)24-26(31-28)36-17-15-32(27(24)35)22-13-11-21(12-14-22)20-9-7-19(8-10-20)18-23(33)34/h11-14,19-20H,2-10,15-18H2,1H3,(H,33,34)(H2,29,30,31). The Morgan fingerprint density at radius 1 is 1.11 bits per heavy atom. The quantitative estimate of drug-likeness (QED) is 0.395. The molecule has 200 valence electrons. The van der Waals surface area contributed by atoms with Crippen molar-refractivity contribution in [3.8, 4) is 11.9 Å². The fourth-order valence-corrected chi connectivity index (χ4v) is 5.27. The van der Waals surface area contributed by atoms with Crippen molar-refractivity contribution in [2.24, 2.45) is 5.92 Å². The van der Waals surface area contributed by atoms with E-state index in [1.54, 1.807) is 4.90 Å². The van der Waals surface area contributed by atoms with Crippen LogP contribution in [0.3, 0.4) is 0 Å². The van der Waals surface area contributed by atoms with Crippen LogP contribution < -0.4 is 20.1 Å². The number of unbranched alkanes of at least 4 members (excludes halogenated alkanes) is 4. The fourth-order valence-electron chi connectivity index (χ4n) is 5.27. The summed E-state index contributed by atoms with van der Waals surface area (Å²) in [4.78, 5) is 34.6. The number of carboxylic acid groups (broad SMARTS) is 1. The minimum atomic E-state index is -0.715. The van der Waals surface area contributed by atoms with Crippen LogP contribution in [0.25, 0.3) is 0 Å². The van der Waals surface area contributed by atoms with Gasteiger partial charge in [0.25, 0.3) is 5.91 Å². The summed E-state index contributed by atoms with van der Waals surface area (Å²) >= 11 is 0. The molecule has 1 aliphatic carbocycles. The second kappa shape index (κ2) is 12.7. The zero-order valence-electron chi connectivity index (χ0n) is 21.7. The van der Waals surface area contributed by atoms with Crippen molar-refractivity contribution >= 4 is 23.4 Å². The lowest BCUT2D eigenvalue weighted by Gasteiger charge is -2.28. The van der Waals surface area contributed by atoms with E-state index in [-0.39, 0.29) is 48.1 Å². The van der Waals surface area contributed by atoms with Crippen LogP contribution in [-0.2, 0) is 4.79 Å². The van der Waals surface area contributed by atoms with Gasteiger partial charge in [-0.1, -0.05) is 44.7 Å². The van der Waals surface area contributed by atoms with E-state index in [1.807, 2.05) is 12.1 Å². The number of hydrogen-bond donors (Lipinski definition) is 2. The maximum Gasteiger partial charge on any atom is 0.321 e. The van der Waals surface area contributed by atoms with Crippen molar-refractivity contribution in [1.82, 2.24) is 9.97 Å². The molecule has 1 aliphatic heterocycles. The van der Waals surface area contributed by atoms with E-state index in [2.05, 4.69) is 29.0 Å². The Bertz CT molecular complexity index is 1070. The van der Waals surface area contributed by atoms with E-state index < -0.39 is 5.97 Å². The van der Waals surface area contributed by atoms with E-state index >= 15 is 0 Å². The zero-order chi connectivity index (χ0) is 26.2. The van der Waals surface area contributed by atoms with Crippen LogP contribution in [0, 0.1) is 5.92 Å². The molecule has 0 atom stereocenters. The summed E-state index contributed by atoms with van der Waals surface area (Å²) in [6, 6.07) is 8.17. The third-order valence-corrected chi connectivity index (χ3v) is 7.36. The topological polar surface area (TPSA) is 128 Å². The monoisotopic (exact) mass is 510 g/mol. The summed E-state index contributed by atoms with van der Waals surface area (Å²) in [5, 5.41) is 9.04. The normalized spacial score (nSPS) is 19.6. The van der Waals surface area contributed by atoms with Crippen molar-refractivity contribution in [2.75, 3.05) is 30.4 Å². The third kappa shape index (κ3) is 6.90. The summed E-state index contributed by atoms with van der Waals surface area (Å²) in [6.07, 6.45) is 9.67. The molecule has 0 radical (unpaired) electrons. The lowest BCUT2D eigenvalue weighted by Crippen LogP contribution is -2.32. The van der Waals surface area contributed by atoms with E-state index in [4.69, 9.17) is 20.3 Å². The molecule has 4 rings (SSSR count). The molecule has 9 nitrogen and oxygen atoms in total. The average molecular weight is 511 g/mol. The predicted molar refractivity (Wildman–Crippen MR) is 141 cm³/mol. The van der Waals surface area contributed by atoms with Gasteiger partial charge in [0, 0.05) is 12.1 Å². The first-order valence-corrected chi connectivity index (χ1v) is 13.5. The highest BCUT2D eigenvalue weighted by Gasteiger charge is 2.30. The molecule has 1 fully saturated rings. The molecule has 0 saturated heterocycles. The molecule has 1 aromatic heterocycles.